The number of rotatable bonds is 6. The molecule has 4 atom stereocenters. The van der Waals surface area contributed by atoms with Crippen molar-refractivity contribution in [1.82, 2.24) is 19.5 Å². The first-order valence-corrected chi connectivity index (χ1v) is 11.2. The van der Waals surface area contributed by atoms with Gasteiger partial charge in [0.1, 0.15) is 18.2 Å². The van der Waals surface area contributed by atoms with E-state index in [0.29, 0.717) is 5.56 Å². The Balaban J connectivity index is 1.42. The zero-order chi connectivity index (χ0) is 25.2. The lowest BCUT2D eigenvalue weighted by Gasteiger charge is -2.19. The Kier molecular flexibility index (Phi) is 6.49. The number of fused-ring (bicyclic) bond motifs is 1. The molecule has 0 aliphatic carbocycles. The number of halogens is 2. The van der Waals surface area contributed by atoms with Crippen LogP contribution < -0.4 is 5.73 Å². The quantitative estimate of drug-likeness (QED) is 0.305. The van der Waals surface area contributed by atoms with Crippen LogP contribution in [0.4, 0.5) is 10.2 Å². The number of anilines is 1. The van der Waals surface area contributed by atoms with Gasteiger partial charge in [0.05, 0.1) is 17.5 Å². The zero-order valence-electron chi connectivity index (χ0n) is 18.5. The highest BCUT2D eigenvalue weighted by molar-refractivity contribution is 6.28. The third kappa shape index (κ3) is 4.58. The van der Waals surface area contributed by atoms with Crippen molar-refractivity contribution < 1.29 is 28.2 Å². The Morgan fingerprint density at radius 2 is 1.67 bits per heavy atom. The fourth-order valence-corrected chi connectivity index (χ4v) is 4.04. The lowest BCUT2D eigenvalue weighted by Crippen LogP contribution is -2.37. The molecule has 184 valence electrons. The van der Waals surface area contributed by atoms with Gasteiger partial charge in [-0.3, -0.25) is 4.57 Å². The summed E-state index contributed by atoms with van der Waals surface area (Å²) in [5.74, 6) is -1.37. The van der Waals surface area contributed by atoms with Crippen molar-refractivity contribution in [3.05, 3.63) is 83.4 Å². The average Bonchev–Trinajstić information content (AvgIpc) is 3.44. The topological polar surface area (TPSA) is 131 Å². The monoisotopic (exact) mass is 511 g/mol. The fraction of sp³-hybridized carbons (Fsp3) is 0.208. The van der Waals surface area contributed by atoms with Gasteiger partial charge >= 0.3 is 11.9 Å². The molecule has 4 aromatic rings. The zero-order valence-corrected chi connectivity index (χ0v) is 19.3. The summed E-state index contributed by atoms with van der Waals surface area (Å²) in [6.45, 7) is -0.373. The fourth-order valence-electron chi connectivity index (χ4n) is 3.87. The van der Waals surface area contributed by atoms with Crippen LogP contribution in [0.25, 0.3) is 11.2 Å². The lowest BCUT2D eigenvalue weighted by molar-refractivity contribution is -0.0570. The van der Waals surface area contributed by atoms with Crippen molar-refractivity contribution in [3.8, 4) is 0 Å². The second-order valence-corrected chi connectivity index (χ2v) is 8.25. The van der Waals surface area contributed by atoms with Crippen LogP contribution in [0.3, 0.4) is 0 Å². The van der Waals surface area contributed by atoms with Gasteiger partial charge in [-0.05, 0) is 35.9 Å². The summed E-state index contributed by atoms with van der Waals surface area (Å²) < 4.78 is 33.9. The van der Waals surface area contributed by atoms with Crippen LogP contribution in [0.5, 0.6) is 0 Å². The van der Waals surface area contributed by atoms with Gasteiger partial charge in [0.2, 0.25) is 5.28 Å². The van der Waals surface area contributed by atoms with E-state index < -0.39 is 36.5 Å². The summed E-state index contributed by atoms with van der Waals surface area (Å²) in [4.78, 5) is 37.2. The molecule has 1 fully saturated rings. The molecular formula is C24H19ClFN5O5. The molecule has 2 aromatic carbocycles. The van der Waals surface area contributed by atoms with Gasteiger partial charge in [-0.25, -0.2) is 19.0 Å². The van der Waals surface area contributed by atoms with E-state index in [0.717, 1.165) is 0 Å². The van der Waals surface area contributed by atoms with E-state index >= 15 is 4.39 Å². The first-order valence-electron chi connectivity index (χ1n) is 10.9. The predicted octanol–water partition coefficient (Wildman–Crippen LogP) is 3.38. The van der Waals surface area contributed by atoms with E-state index in [1.165, 1.54) is 10.9 Å². The number of nitrogens with two attached hydrogens (primary N) is 1. The number of carbonyl (C=O) groups excluding carboxylic acids is 2. The van der Waals surface area contributed by atoms with Gasteiger partial charge in [-0.1, -0.05) is 36.4 Å². The third-order valence-electron chi connectivity index (χ3n) is 5.60. The first kappa shape index (κ1) is 23.6. The molecule has 0 amide bonds. The molecule has 36 heavy (non-hydrogen) atoms. The van der Waals surface area contributed by atoms with Crippen molar-refractivity contribution in [2.45, 2.75) is 24.6 Å². The van der Waals surface area contributed by atoms with Crippen LogP contribution >= 0.6 is 11.6 Å². The maximum absolute atomic E-state index is 15.8. The molecule has 1 saturated heterocycles. The Morgan fingerprint density at radius 1 is 1.03 bits per heavy atom. The third-order valence-corrected chi connectivity index (χ3v) is 5.77. The van der Waals surface area contributed by atoms with Gasteiger partial charge in [0, 0.05) is 0 Å². The minimum Gasteiger partial charge on any atom is -0.459 e. The maximum Gasteiger partial charge on any atom is 0.338 e. The smallest absolute Gasteiger partial charge is 0.338 e. The van der Waals surface area contributed by atoms with Crippen LogP contribution in [0.15, 0.2) is 67.0 Å². The summed E-state index contributed by atoms with van der Waals surface area (Å²) in [7, 11) is 0. The highest BCUT2D eigenvalue weighted by Gasteiger charge is 2.50. The Hall–Kier alpha value is -4.09. The highest BCUT2D eigenvalue weighted by Crippen LogP contribution is 2.36. The number of benzene rings is 2. The van der Waals surface area contributed by atoms with Crippen molar-refractivity contribution >= 4 is 40.5 Å². The largest absolute Gasteiger partial charge is 0.459 e. The van der Waals surface area contributed by atoms with Gasteiger partial charge in [-0.2, -0.15) is 9.97 Å². The minimum atomic E-state index is -1.87. The van der Waals surface area contributed by atoms with Crippen molar-refractivity contribution in [1.29, 1.82) is 0 Å². The number of hydrogen-bond acceptors (Lipinski definition) is 9. The van der Waals surface area contributed by atoms with Crippen molar-refractivity contribution in [2.75, 3.05) is 12.3 Å². The number of imidazole rings is 1. The number of aromatic nitrogens is 4. The molecule has 0 bridgehead atoms. The predicted molar refractivity (Wildman–Crippen MR) is 126 cm³/mol. The number of ether oxygens (including phenoxy) is 3. The molecule has 0 radical (unpaired) electrons. The lowest BCUT2D eigenvalue weighted by atomic mass is 10.1. The number of nitrogen functional groups attached to an aromatic ring is 1. The molecule has 1 aliphatic rings. The molecule has 12 heteroatoms. The van der Waals surface area contributed by atoms with E-state index in [9.17, 15) is 9.59 Å². The molecule has 1 aliphatic heterocycles. The number of alkyl halides is 1. The van der Waals surface area contributed by atoms with Crippen LogP contribution in [0.1, 0.15) is 26.9 Å². The molecule has 2 N–H and O–H groups in total. The van der Waals surface area contributed by atoms with Crippen LogP contribution in [-0.2, 0) is 14.2 Å². The van der Waals surface area contributed by atoms with E-state index in [2.05, 4.69) is 15.0 Å². The Bertz CT molecular complexity index is 1400. The van der Waals surface area contributed by atoms with Gasteiger partial charge < -0.3 is 19.9 Å². The summed E-state index contributed by atoms with van der Waals surface area (Å²) in [5.41, 5.74) is 6.73. The number of nitrogens with zero attached hydrogens (tertiary/aromatic N) is 4. The number of esters is 2. The summed E-state index contributed by atoms with van der Waals surface area (Å²) in [5, 5.41) is -0.157. The van der Waals surface area contributed by atoms with Gasteiger partial charge in [0.25, 0.3) is 0 Å². The Morgan fingerprint density at radius 3 is 2.33 bits per heavy atom. The van der Waals surface area contributed by atoms with Crippen LogP contribution in [-0.4, -0.2) is 56.4 Å². The molecule has 0 spiro atoms. The van der Waals surface area contributed by atoms with Gasteiger partial charge in [-0.15, -0.1) is 0 Å². The maximum atomic E-state index is 15.8. The summed E-state index contributed by atoms with van der Waals surface area (Å²) in [6, 6.07) is 16.4. The van der Waals surface area contributed by atoms with Crippen molar-refractivity contribution in [2.24, 2.45) is 0 Å². The van der Waals surface area contributed by atoms with Gasteiger partial charge in [0.15, 0.2) is 30.0 Å². The average molecular weight is 512 g/mol. The van der Waals surface area contributed by atoms with Crippen LogP contribution in [0, 0.1) is 0 Å². The molecule has 5 rings (SSSR count). The minimum absolute atomic E-state index is 0.0116. The number of carbonyl (C=O) groups is 2. The SMILES string of the molecule is Nc1nc(Cl)nc2c1ncn2[C@@H]1O[C@@H](COC(=O)c2ccccc2)[C@H](OC(=O)c2ccccc2)[C@H]1F. The highest BCUT2D eigenvalue weighted by atomic mass is 35.5. The molecule has 10 nitrogen and oxygen atoms in total. The second kappa shape index (κ2) is 9.88. The normalized spacial score (nSPS) is 21.4. The second-order valence-electron chi connectivity index (χ2n) is 7.91. The molecular weight excluding hydrogens is 493 g/mol. The summed E-state index contributed by atoms with van der Waals surface area (Å²) in [6.07, 6.45) is -4.45. The molecule has 3 heterocycles. The number of hydrogen-bond donors (Lipinski definition) is 1. The standard InChI is InChI=1S/C24H19ClFN5O5/c25-24-29-19(27)17-20(30-24)31(12-28-17)21-16(26)18(36-23(33)14-9-5-2-6-10-14)15(35-21)11-34-22(32)13-7-3-1-4-8-13/h1-10,12,15-16,18,21H,11H2,(H2,27,29,30)/t15-,16+,18-,21+/m0/s1. The van der Waals surface area contributed by atoms with E-state index in [4.69, 9.17) is 31.5 Å². The Labute approximate surface area is 208 Å². The van der Waals surface area contributed by atoms with E-state index in [-0.39, 0.29) is 34.4 Å². The van der Waals surface area contributed by atoms with Crippen molar-refractivity contribution in [3.63, 3.8) is 0 Å². The first-order chi connectivity index (χ1) is 17.4. The van der Waals surface area contributed by atoms with Crippen LogP contribution in [0.2, 0.25) is 5.28 Å². The molecule has 0 saturated carbocycles. The molecule has 2 aromatic heterocycles. The molecule has 0 unspecified atom stereocenters. The summed E-state index contributed by atoms with van der Waals surface area (Å²) >= 11 is 5.93. The van der Waals surface area contributed by atoms with E-state index in [1.54, 1.807) is 60.7 Å². The van der Waals surface area contributed by atoms with E-state index in [1.807, 2.05) is 0 Å².